The van der Waals surface area contributed by atoms with Gasteiger partial charge in [-0.05, 0) is 38.3 Å². The summed E-state index contributed by atoms with van der Waals surface area (Å²) >= 11 is 0. The van der Waals surface area contributed by atoms with E-state index in [1.165, 1.54) is 0 Å². The molecule has 3 rings (SSSR count). The predicted molar refractivity (Wildman–Crippen MR) is 78.1 cm³/mol. The van der Waals surface area contributed by atoms with Gasteiger partial charge >= 0.3 is 5.97 Å². The number of benzene rings is 1. The number of hydrogen-bond acceptors (Lipinski definition) is 4. The van der Waals surface area contributed by atoms with Crippen molar-refractivity contribution in [3.05, 3.63) is 29.3 Å². The molecule has 0 radical (unpaired) electrons. The molecule has 0 N–H and O–H groups in total. The largest absolute Gasteiger partial charge is 0.493 e. The lowest BCUT2D eigenvalue weighted by Crippen LogP contribution is -2.13. The molecule has 1 saturated heterocycles. The maximum Gasteiger partial charge on any atom is 0.309 e. The van der Waals surface area contributed by atoms with Crippen LogP contribution in [-0.2, 0) is 20.9 Å². The third kappa shape index (κ3) is 3.97. The number of carbonyl (C=O) groups excluding carboxylic acids is 1. The van der Waals surface area contributed by atoms with E-state index in [0.717, 1.165) is 49.4 Å². The molecule has 1 aromatic rings. The molecule has 1 atom stereocenters. The van der Waals surface area contributed by atoms with Crippen LogP contribution in [0.15, 0.2) is 18.2 Å². The molecule has 4 nitrogen and oxygen atoms in total. The van der Waals surface area contributed by atoms with Gasteiger partial charge in [0, 0.05) is 18.1 Å². The lowest BCUT2D eigenvalue weighted by Gasteiger charge is -2.15. The fourth-order valence-corrected chi connectivity index (χ4v) is 2.47. The SMILES string of the molecule is Cc1ccc(OC[C@@H]2CCOC2)c(COC(=O)C2CC2)c1. The van der Waals surface area contributed by atoms with Crippen LogP contribution in [0, 0.1) is 18.8 Å². The highest BCUT2D eigenvalue weighted by atomic mass is 16.5. The minimum atomic E-state index is -0.0772. The van der Waals surface area contributed by atoms with Gasteiger partial charge in [0.15, 0.2) is 0 Å². The van der Waals surface area contributed by atoms with Gasteiger partial charge in [-0.25, -0.2) is 0 Å². The van der Waals surface area contributed by atoms with Crippen molar-refractivity contribution in [3.8, 4) is 5.75 Å². The second-order valence-electron chi connectivity index (χ2n) is 6.03. The quantitative estimate of drug-likeness (QED) is 0.756. The molecule has 114 valence electrons. The smallest absolute Gasteiger partial charge is 0.309 e. The summed E-state index contributed by atoms with van der Waals surface area (Å²) in [7, 11) is 0. The summed E-state index contributed by atoms with van der Waals surface area (Å²) in [6.45, 7) is 4.59. The van der Waals surface area contributed by atoms with Crippen molar-refractivity contribution in [1.29, 1.82) is 0 Å². The molecule has 0 spiro atoms. The fraction of sp³-hybridized carbons (Fsp3) is 0.588. The molecule has 1 aliphatic carbocycles. The Morgan fingerprint density at radius 3 is 2.90 bits per heavy atom. The van der Waals surface area contributed by atoms with Crippen LogP contribution >= 0.6 is 0 Å². The molecule has 0 bridgehead atoms. The van der Waals surface area contributed by atoms with Gasteiger partial charge in [0.05, 0.1) is 19.1 Å². The van der Waals surface area contributed by atoms with Gasteiger partial charge < -0.3 is 14.2 Å². The van der Waals surface area contributed by atoms with Crippen LogP contribution < -0.4 is 4.74 Å². The Morgan fingerprint density at radius 2 is 2.19 bits per heavy atom. The van der Waals surface area contributed by atoms with E-state index in [4.69, 9.17) is 14.2 Å². The Bertz CT molecular complexity index is 502. The van der Waals surface area contributed by atoms with Crippen LogP contribution in [0.1, 0.15) is 30.4 Å². The zero-order chi connectivity index (χ0) is 14.7. The molecule has 0 amide bonds. The van der Waals surface area contributed by atoms with Crippen molar-refractivity contribution in [2.24, 2.45) is 11.8 Å². The zero-order valence-corrected chi connectivity index (χ0v) is 12.5. The summed E-state index contributed by atoms with van der Waals surface area (Å²) in [5.74, 6) is 1.34. The van der Waals surface area contributed by atoms with E-state index in [9.17, 15) is 4.79 Å². The summed E-state index contributed by atoms with van der Waals surface area (Å²) in [5, 5.41) is 0. The highest BCUT2D eigenvalue weighted by Crippen LogP contribution is 2.31. The number of carbonyl (C=O) groups is 1. The first kappa shape index (κ1) is 14.4. The van der Waals surface area contributed by atoms with Crippen LogP contribution in [0.2, 0.25) is 0 Å². The third-order valence-electron chi connectivity index (χ3n) is 4.00. The van der Waals surface area contributed by atoms with Crippen LogP contribution in [0.4, 0.5) is 0 Å². The molecule has 1 aromatic carbocycles. The Balaban J connectivity index is 1.59. The minimum Gasteiger partial charge on any atom is -0.493 e. The van der Waals surface area contributed by atoms with Crippen molar-refractivity contribution in [1.82, 2.24) is 0 Å². The van der Waals surface area contributed by atoms with Crippen molar-refractivity contribution in [2.75, 3.05) is 19.8 Å². The molecular weight excluding hydrogens is 268 g/mol. The van der Waals surface area contributed by atoms with E-state index in [1.807, 2.05) is 25.1 Å². The maximum atomic E-state index is 11.7. The average molecular weight is 290 g/mol. The van der Waals surface area contributed by atoms with E-state index in [2.05, 4.69) is 0 Å². The number of aryl methyl sites for hydroxylation is 1. The van der Waals surface area contributed by atoms with Crippen LogP contribution in [0.25, 0.3) is 0 Å². The lowest BCUT2D eigenvalue weighted by atomic mass is 10.1. The Morgan fingerprint density at radius 1 is 1.33 bits per heavy atom. The summed E-state index contributed by atoms with van der Waals surface area (Å²) in [5.41, 5.74) is 2.09. The summed E-state index contributed by atoms with van der Waals surface area (Å²) in [4.78, 5) is 11.7. The van der Waals surface area contributed by atoms with Crippen molar-refractivity contribution < 1.29 is 19.0 Å². The first-order chi connectivity index (χ1) is 10.2. The monoisotopic (exact) mass is 290 g/mol. The van der Waals surface area contributed by atoms with E-state index < -0.39 is 0 Å². The topological polar surface area (TPSA) is 44.8 Å². The van der Waals surface area contributed by atoms with Gasteiger partial charge in [-0.1, -0.05) is 11.6 Å². The summed E-state index contributed by atoms with van der Waals surface area (Å²) < 4.78 is 16.6. The molecule has 1 saturated carbocycles. The third-order valence-corrected chi connectivity index (χ3v) is 4.00. The van der Waals surface area contributed by atoms with Crippen LogP contribution in [0.5, 0.6) is 5.75 Å². The fourth-order valence-electron chi connectivity index (χ4n) is 2.47. The Hall–Kier alpha value is -1.55. The van der Waals surface area contributed by atoms with Crippen molar-refractivity contribution in [2.45, 2.75) is 32.8 Å². The molecule has 0 unspecified atom stereocenters. The van der Waals surface area contributed by atoms with Gasteiger partial charge in [-0.2, -0.15) is 0 Å². The van der Waals surface area contributed by atoms with Gasteiger partial charge in [0.1, 0.15) is 12.4 Å². The highest BCUT2D eigenvalue weighted by Gasteiger charge is 2.31. The molecule has 2 fully saturated rings. The molecule has 1 heterocycles. The zero-order valence-electron chi connectivity index (χ0n) is 12.5. The summed E-state index contributed by atoms with van der Waals surface area (Å²) in [6, 6.07) is 6.01. The lowest BCUT2D eigenvalue weighted by molar-refractivity contribution is -0.146. The molecule has 21 heavy (non-hydrogen) atoms. The van der Waals surface area contributed by atoms with Crippen LogP contribution in [-0.4, -0.2) is 25.8 Å². The second-order valence-corrected chi connectivity index (χ2v) is 6.03. The Kier molecular flexibility index (Phi) is 4.44. The van der Waals surface area contributed by atoms with E-state index >= 15 is 0 Å². The van der Waals surface area contributed by atoms with Gasteiger partial charge in [0.25, 0.3) is 0 Å². The van der Waals surface area contributed by atoms with Gasteiger partial charge in [-0.15, -0.1) is 0 Å². The van der Waals surface area contributed by atoms with Crippen molar-refractivity contribution in [3.63, 3.8) is 0 Å². The number of esters is 1. The molecule has 0 aromatic heterocycles. The molecular formula is C17H22O4. The van der Waals surface area contributed by atoms with Crippen LogP contribution in [0.3, 0.4) is 0 Å². The molecule has 1 aliphatic heterocycles. The highest BCUT2D eigenvalue weighted by molar-refractivity contribution is 5.74. The second kappa shape index (κ2) is 6.48. The Labute approximate surface area is 125 Å². The van der Waals surface area contributed by atoms with Gasteiger partial charge in [-0.3, -0.25) is 4.79 Å². The average Bonchev–Trinajstić information content (AvgIpc) is 3.21. The summed E-state index contributed by atoms with van der Waals surface area (Å²) in [6.07, 6.45) is 2.99. The van der Waals surface area contributed by atoms with E-state index in [1.54, 1.807) is 0 Å². The predicted octanol–water partition coefficient (Wildman–Crippen LogP) is 2.86. The number of rotatable bonds is 6. The van der Waals surface area contributed by atoms with E-state index in [-0.39, 0.29) is 11.9 Å². The minimum absolute atomic E-state index is 0.0772. The first-order valence-electron chi connectivity index (χ1n) is 7.69. The normalized spacial score (nSPS) is 21.3. The first-order valence-corrected chi connectivity index (χ1v) is 7.69. The van der Waals surface area contributed by atoms with Crippen molar-refractivity contribution >= 4 is 5.97 Å². The number of hydrogen-bond donors (Lipinski definition) is 0. The standard InChI is InChI=1S/C17H22O4/c1-12-2-5-16(20-10-13-6-7-19-9-13)15(8-12)11-21-17(18)14-3-4-14/h2,5,8,13-14H,3-4,6-7,9-11H2,1H3/t13-/m1/s1. The maximum absolute atomic E-state index is 11.7. The van der Waals surface area contributed by atoms with Gasteiger partial charge in [0.2, 0.25) is 0 Å². The molecule has 2 aliphatic rings. The molecule has 4 heteroatoms. The van der Waals surface area contributed by atoms with E-state index in [0.29, 0.717) is 19.1 Å². The number of ether oxygens (including phenoxy) is 3.